The van der Waals surface area contributed by atoms with E-state index < -0.39 is 73.2 Å². The van der Waals surface area contributed by atoms with E-state index in [2.05, 4.69) is 9.47 Å². The third kappa shape index (κ3) is 8.51. The molecule has 16 heteroatoms. The van der Waals surface area contributed by atoms with Crippen LogP contribution in [-0.4, -0.2) is 49.9 Å². The molecular weight excluding hydrogens is 436 g/mol. The SMILES string of the molecule is O=C(OCC=C(C(F)(F)F)C(F)(F)F)C(=O)OCC=C(C(F)(F)F)C(F)(F)F. The van der Waals surface area contributed by atoms with Gasteiger partial charge in [-0.05, 0) is 12.2 Å². The summed E-state index contributed by atoms with van der Waals surface area (Å²) in [6, 6.07) is 0. The second-order valence-corrected chi connectivity index (χ2v) is 4.42. The summed E-state index contributed by atoms with van der Waals surface area (Å²) in [6.45, 7) is -3.48. The summed E-state index contributed by atoms with van der Waals surface area (Å²) in [4.78, 5) is 21.9. The van der Waals surface area contributed by atoms with Crippen molar-refractivity contribution in [3.8, 4) is 0 Å². The Morgan fingerprint density at radius 2 is 0.750 bits per heavy atom. The lowest BCUT2D eigenvalue weighted by Crippen LogP contribution is -2.28. The number of hydrogen-bond acceptors (Lipinski definition) is 4. The first-order valence-corrected chi connectivity index (χ1v) is 6.31. The van der Waals surface area contributed by atoms with Gasteiger partial charge in [-0.25, -0.2) is 9.59 Å². The number of esters is 2. The molecule has 0 aromatic heterocycles. The molecule has 0 saturated heterocycles. The minimum atomic E-state index is -5.89. The summed E-state index contributed by atoms with van der Waals surface area (Å²) in [5.41, 5.74) is -6.16. The third-order valence-electron chi connectivity index (χ3n) is 2.39. The van der Waals surface area contributed by atoms with Crippen molar-refractivity contribution < 1.29 is 71.7 Å². The molecule has 0 amide bonds. The summed E-state index contributed by atoms with van der Waals surface area (Å²) in [5.74, 6) is -4.51. The van der Waals surface area contributed by atoms with Gasteiger partial charge in [-0.2, -0.15) is 52.7 Å². The van der Waals surface area contributed by atoms with E-state index in [9.17, 15) is 62.3 Å². The normalized spacial score (nSPS) is 12.9. The number of alkyl halides is 12. The lowest BCUT2D eigenvalue weighted by Gasteiger charge is -2.15. The van der Waals surface area contributed by atoms with Crippen LogP contribution in [-0.2, 0) is 19.1 Å². The Balaban J connectivity index is 4.93. The number of halogens is 12. The fourth-order valence-electron chi connectivity index (χ4n) is 1.30. The summed E-state index contributed by atoms with van der Waals surface area (Å²) in [6.07, 6.45) is -24.9. The van der Waals surface area contributed by atoms with Crippen molar-refractivity contribution in [1.29, 1.82) is 0 Å². The minimum Gasteiger partial charge on any atom is -0.453 e. The maximum absolute atomic E-state index is 12.1. The second kappa shape index (κ2) is 8.72. The molecule has 0 heterocycles. The molecule has 0 rings (SSSR count). The molecule has 0 N–H and O–H groups in total. The van der Waals surface area contributed by atoms with Crippen molar-refractivity contribution >= 4 is 11.9 Å². The van der Waals surface area contributed by atoms with Crippen LogP contribution in [0, 0.1) is 0 Å². The largest absolute Gasteiger partial charge is 0.453 e. The Hall–Kier alpha value is -2.42. The minimum absolute atomic E-state index is 0.656. The highest BCUT2D eigenvalue weighted by Gasteiger charge is 2.51. The van der Waals surface area contributed by atoms with Crippen molar-refractivity contribution in [2.75, 3.05) is 13.2 Å². The topological polar surface area (TPSA) is 52.6 Å². The molecule has 162 valence electrons. The maximum atomic E-state index is 12.1. The van der Waals surface area contributed by atoms with Gasteiger partial charge in [0.05, 0.1) is 0 Å². The Bertz CT molecular complexity index is 545. The van der Waals surface area contributed by atoms with Crippen LogP contribution < -0.4 is 0 Å². The van der Waals surface area contributed by atoms with Crippen LogP contribution in [0.3, 0.4) is 0 Å². The summed E-state index contributed by atoms with van der Waals surface area (Å²) < 4.78 is 153. The fraction of sp³-hybridized carbons (Fsp3) is 0.500. The summed E-state index contributed by atoms with van der Waals surface area (Å²) in [7, 11) is 0. The highest BCUT2D eigenvalue weighted by molar-refractivity contribution is 6.29. The Morgan fingerprint density at radius 3 is 0.929 bits per heavy atom. The molecule has 0 aliphatic carbocycles. The molecule has 0 aromatic rings. The quantitative estimate of drug-likeness (QED) is 0.284. The van der Waals surface area contributed by atoms with Gasteiger partial charge in [0.2, 0.25) is 0 Å². The van der Waals surface area contributed by atoms with Gasteiger partial charge < -0.3 is 9.47 Å². The Labute approximate surface area is 146 Å². The fourth-order valence-corrected chi connectivity index (χ4v) is 1.30. The van der Waals surface area contributed by atoms with E-state index in [0.717, 1.165) is 0 Å². The molecular formula is C12H6F12O4. The first kappa shape index (κ1) is 25.6. The molecule has 4 nitrogen and oxygen atoms in total. The summed E-state index contributed by atoms with van der Waals surface area (Å²) >= 11 is 0. The van der Waals surface area contributed by atoms with E-state index >= 15 is 0 Å². The second-order valence-electron chi connectivity index (χ2n) is 4.42. The predicted molar refractivity (Wildman–Crippen MR) is 62.3 cm³/mol. The smallest absolute Gasteiger partial charge is 0.421 e. The molecule has 0 aliphatic rings. The average molecular weight is 442 g/mol. The van der Waals surface area contributed by atoms with Crippen LogP contribution in [0.5, 0.6) is 0 Å². The van der Waals surface area contributed by atoms with Crippen LogP contribution in [0.15, 0.2) is 23.3 Å². The van der Waals surface area contributed by atoms with E-state index in [0.29, 0.717) is 0 Å². The predicted octanol–water partition coefficient (Wildman–Crippen LogP) is 4.17. The van der Waals surface area contributed by atoms with Gasteiger partial charge >= 0.3 is 36.6 Å². The zero-order chi connectivity index (χ0) is 22.6. The molecule has 0 aromatic carbocycles. The van der Waals surface area contributed by atoms with E-state index in [1.54, 1.807) is 0 Å². The number of carbonyl (C=O) groups is 2. The number of rotatable bonds is 4. The molecule has 0 unspecified atom stereocenters. The molecule has 0 saturated carbocycles. The standard InChI is InChI=1S/C12H6F12O4/c13-9(14,15)5(10(16,17)18)1-3-27-7(25)8(26)28-4-2-6(11(19,20)21)12(22,23)24/h1-2H,3-4H2. The molecule has 0 bridgehead atoms. The van der Waals surface area contributed by atoms with Crippen molar-refractivity contribution in [3.05, 3.63) is 23.3 Å². The first-order chi connectivity index (χ1) is 12.3. The van der Waals surface area contributed by atoms with Gasteiger partial charge in [0, 0.05) is 0 Å². The number of carbonyl (C=O) groups excluding carboxylic acids is 2. The van der Waals surface area contributed by atoms with Crippen LogP contribution in [0.2, 0.25) is 0 Å². The van der Waals surface area contributed by atoms with Crippen molar-refractivity contribution in [2.24, 2.45) is 0 Å². The molecule has 0 fully saturated rings. The van der Waals surface area contributed by atoms with Gasteiger partial charge in [-0.1, -0.05) is 0 Å². The van der Waals surface area contributed by atoms with Gasteiger partial charge in [0.25, 0.3) is 0 Å². The van der Waals surface area contributed by atoms with E-state index in [4.69, 9.17) is 0 Å². The molecule has 28 heavy (non-hydrogen) atoms. The molecule has 0 spiro atoms. The highest BCUT2D eigenvalue weighted by Crippen LogP contribution is 2.39. The van der Waals surface area contributed by atoms with E-state index in [-0.39, 0.29) is 0 Å². The van der Waals surface area contributed by atoms with Gasteiger partial charge in [0.1, 0.15) is 24.4 Å². The van der Waals surface area contributed by atoms with Crippen LogP contribution in [0.4, 0.5) is 52.7 Å². The lowest BCUT2D eigenvalue weighted by atomic mass is 10.2. The molecule has 0 aliphatic heterocycles. The van der Waals surface area contributed by atoms with Crippen LogP contribution in [0.1, 0.15) is 0 Å². The first-order valence-electron chi connectivity index (χ1n) is 6.31. The van der Waals surface area contributed by atoms with Crippen molar-refractivity contribution in [1.82, 2.24) is 0 Å². The average Bonchev–Trinajstić information content (AvgIpc) is 2.41. The van der Waals surface area contributed by atoms with Gasteiger partial charge in [-0.15, -0.1) is 0 Å². The summed E-state index contributed by atoms with van der Waals surface area (Å²) in [5, 5.41) is 0. The Kier molecular flexibility index (Phi) is 7.97. The van der Waals surface area contributed by atoms with E-state index in [1.165, 1.54) is 0 Å². The molecule has 0 radical (unpaired) electrons. The lowest BCUT2D eigenvalue weighted by molar-refractivity contribution is -0.175. The maximum Gasteiger partial charge on any atom is 0.421 e. The zero-order valence-electron chi connectivity index (χ0n) is 12.7. The number of ether oxygens (including phenoxy) is 2. The monoisotopic (exact) mass is 442 g/mol. The third-order valence-corrected chi connectivity index (χ3v) is 2.39. The van der Waals surface area contributed by atoms with E-state index in [1.807, 2.05) is 0 Å². The van der Waals surface area contributed by atoms with Crippen LogP contribution in [0.25, 0.3) is 0 Å². The zero-order valence-corrected chi connectivity index (χ0v) is 12.7. The van der Waals surface area contributed by atoms with Crippen molar-refractivity contribution in [2.45, 2.75) is 24.7 Å². The van der Waals surface area contributed by atoms with Gasteiger partial charge in [0.15, 0.2) is 0 Å². The van der Waals surface area contributed by atoms with Crippen LogP contribution >= 0.6 is 0 Å². The van der Waals surface area contributed by atoms with Gasteiger partial charge in [-0.3, -0.25) is 0 Å². The Morgan fingerprint density at radius 1 is 0.536 bits per heavy atom. The highest BCUT2D eigenvalue weighted by atomic mass is 19.4. The molecule has 0 atom stereocenters. The number of hydrogen-bond donors (Lipinski definition) is 0. The van der Waals surface area contributed by atoms with Crippen molar-refractivity contribution in [3.63, 3.8) is 0 Å². The number of allylic oxidation sites excluding steroid dienone is 2.